The van der Waals surface area contributed by atoms with Crippen LogP contribution in [0.15, 0.2) is 0 Å². The number of likely N-dealkylation sites (tertiary alicyclic amines) is 2. The Hall–Kier alpha value is -0.750. The third-order valence-electron chi connectivity index (χ3n) is 4.54. The lowest BCUT2D eigenvalue weighted by atomic mass is 9.93. The highest BCUT2D eigenvalue weighted by Gasteiger charge is 2.50. The fourth-order valence-electron chi connectivity index (χ4n) is 3.07. The number of halogens is 2. The van der Waals surface area contributed by atoms with Crippen LogP contribution in [-0.4, -0.2) is 65.9 Å². The van der Waals surface area contributed by atoms with Crippen LogP contribution >= 0.6 is 0 Å². The summed E-state index contributed by atoms with van der Waals surface area (Å²) in [5.41, 5.74) is 0. The Balaban J connectivity index is 1.84. The quantitative estimate of drug-likeness (QED) is 0.856. The maximum Gasteiger partial charge on any atom is 0.275 e. The highest BCUT2D eigenvalue weighted by atomic mass is 19.3. The minimum atomic E-state index is -2.67. The van der Waals surface area contributed by atoms with Gasteiger partial charge in [0.15, 0.2) is 0 Å². The predicted molar refractivity (Wildman–Crippen MR) is 78.4 cm³/mol. The van der Waals surface area contributed by atoms with Gasteiger partial charge in [-0.1, -0.05) is 13.8 Å². The molecule has 2 aliphatic rings. The third-order valence-corrected chi connectivity index (χ3v) is 4.54. The van der Waals surface area contributed by atoms with Crippen LogP contribution in [0.5, 0.6) is 0 Å². The van der Waals surface area contributed by atoms with Crippen LogP contribution in [0.4, 0.5) is 8.78 Å². The van der Waals surface area contributed by atoms with E-state index in [4.69, 9.17) is 0 Å². The number of piperidine rings is 1. The Labute approximate surface area is 125 Å². The molecule has 21 heavy (non-hydrogen) atoms. The molecular formula is C15H27F2N3O. The summed E-state index contributed by atoms with van der Waals surface area (Å²) in [4.78, 5) is 15.3. The first-order chi connectivity index (χ1) is 9.70. The first-order valence-electron chi connectivity index (χ1n) is 7.87. The zero-order chi connectivity index (χ0) is 15.8. The van der Waals surface area contributed by atoms with Gasteiger partial charge < -0.3 is 5.32 Å². The Morgan fingerprint density at radius 2 is 1.86 bits per heavy atom. The standard InChI is InChI=1S/C15H27F2N3O/c1-10(2)14(21)18-12-7-20(8-12)13-5-6-19(11(3)4)9-15(13,16)17/h10-13H,5-9H2,1-4H3,(H,18,21). The number of hydrogen-bond acceptors (Lipinski definition) is 3. The molecule has 0 radical (unpaired) electrons. The summed E-state index contributed by atoms with van der Waals surface area (Å²) in [6, 6.07) is -0.496. The summed E-state index contributed by atoms with van der Waals surface area (Å²) in [6.45, 7) is 9.23. The average Bonchev–Trinajstić information content (AvgIpc) is 2.32. The predicted octanol–water partition coefficient (Wildman–Crippen LogP) is 1.56. The number of carbonyl (C=O) groups is 1. The van der Waals surface area contributed by atoms with Gasteiger partial charge in [-0.15, -0.1) is 0 Å². The van der Waals surface area contributed by atoms with Gasteiger partial charge >= 0.3 is 0 Å². The van der Waals surface area contributed by atoms with Gasteiger partial charge in [-0.25, -0.2) is 8.78 Å². The molecule has 2 heterocycles. The van der Waals surface area contributed by atoms with Crippen LogP contribution in [0.25, 0.3) is 0 Å². The molecule has 1 N–H and O–H groups in total. The molecule has 6 heteroatoms. The smallest absolute Gasteiger partial charge is 0.275 e. The fraction of sp³-hybridized carbons (Fsp3) is 0.933. The molecule has 1 amide bonds. The van der Waals surface area contributed by atoms with Crippen molar-refractivity contribution in [1.29, 1.82) is 0 Å². The Morgan fingerprint density at radius 3 is 2.33 bits per heavy atom. The van der Waals surface area contributed by atoms with Gasteiger partial charge in [0.25, 0.3) is 5.92 Å². The molecule has 0 spiro atoms. The topological polar surface area (TPSA) is 35.6 Å². The van der Waals surface area contributed by atoms with Crippen molar-refractivity contribution in [2.24, 2.45) is 5.92 Å². The first-order valence-corrected chi connectivity index (χ1v) is 7.87. The van der Waals surface area contributed by atoms with Crippen molar-refractivity contribution in [3.63, 3.8) is 0 Å². The SMILES string of the molecule is CC(C)C(=O)NC1CN(C2CCN(C(C)C)CC2(F)F)C1. The van der Waals surface area contributed by atoms with Gasteiger partial charge in [-0.05, 0) is 20.3 Å². The summed E-state index contributed by atoms with van der Waals surface area (Å²) in [7, 11) is 0. The van der Waals surface area contributed by atoms with Crippen LogP contribution < -0.4 is 5.32 Å². The Kier molecular flexibility index (Phi) is 4.88. The number of hydrogen-bond donors (Lipinski definition) is 1. The number of amides is 1. The normalized spacial score (nSPS) is 27.9. The van der Waals surface area contributed by atoms with E-state index in [0.717, 1.165) is 6.54 Å². The van der Waals surface area contributed by atoms with Crippen molar-refractivity contribution in [2.45, 2.75) is 58.2 Å². The molecule has 4 nitrogen and oxygen atoms in total. The molecular weight excluding hydrogens is 276 g/mol. The molecule has 122 valence electrons. The lowest BCUT2D eigenvalue weighted by molar-refractivity contribution is -0.150. The summed E-state index contributed by atoms with van der Waals surface area (Å²) in [5.74, 6) is -2.73. The lowest BCUT2D eigenvalue weighted by Gasteiger charge is -2.50. The minimum absolute atomic E-state index is 0.000960. The van der Waals surface area contributed by atoms with Crippen LogP contribution in [0.3, 0.4) is 0 Å². The van der Waals surface area contributed by atoms with Crippen LogP contribution in [0.2, 0.25) is 0 Å². The Morgan fingerprint density at radius 1 is 1.24 bits per heavy atom. The highest BCUT2D eigenvalue weighted by Crippen LogP contribution is 2.34. The van der Waals surface area contributed by atoms with E-state index in [1.54, 1.807) is 0 Å². The van der Waals surface area contributed by atoms with Crippen molar-refractivity contribution in [2.75, 3.05) is 26.2 Å². The molecule has 2 saturated heterocycles. The van der Waals surface area contributed by atoms with E-state index in [0.29, 0.717) is 19.5 Å². The summed E-state index contributed by atoms with van der Waals surface area (Å²) < 4.78 is 28.6. The van der Waals surface area contributed by atoms with Crippen LogP contribution in [0, 0.1) is 5.92 Å². The molecule has 0 aromatic heterocycles. The molecule has 2 aliphatic heterocycles. The number of carbonyl (C=O) groups excluding carboxylic acids is 1. The van der Waals surface area contributed by atoms with Crippen molar-refractivity contribution in [1.82, 2.24) is 15.1 Å². The molecule has 0 aromatic rings. The van der Waals surface area contributed by atoms with Gasteiger partial charge in [0.05, 0.1) is 18.6 Å². The second kappa shape index (κ2) is 6.16. The van der Waals surface area contributed by atoms with Crippen molar-refractivity contribution in [3.05, 3.63) is 0 Å². The second-order valence-electron chi connectivity index (χ2n) is 6.94. The van der Waals surface area contributed by atoms with E-state index >= 15 is 0 Å². The number of nitrogens with zero attached hydrogens (tertiary/aromatic N) is 2. The lowest BCUT2D eigenvalue weighted by Crippen LogP contribution is -2.69. The van der Waals surface area contributed by atoms with Gasteiger partial charge in [0.2, 0.25) is 5.91 Å². The largest absolute Gasteiger partial charge is 0.351 e. The van der Waals surface area contributed by atoms with E-state index < -0.39 is 12.0 Å². The second-order valence-corrected chi connectivity index (χ2v) is 6.94. The number of nitrogens with one attached hydrogen (secondary N) is 1. The van der Waals surface area contributed by atoms with E-state index in [9.17, 15) is 13.6 Å². The Bertz CT molecular complexity index is 381. The number of alkyl halides is 2. The van der Waals surface area contributed by atoms with Gasteiger partial charge in [0.1, 0.15) is 0 Å². The molecule has 1 atom stereocenters. The molecule has 1 unspecified atom stereocenters. The molecule has 0 aromatic carbocycles. The van der Waals surface area contributed by atoms with Crippen LogP contribution in [-0.2, 0) is 4.79 Å². The summed E-state index contributed by atoms with van der Waals surface area (Å²) in [6.07, 6.45) is 0.496. The zero-order valence-corrected chi connectivity index (χ0v) is 13.4. The molecule has 0 aliphatic carbocycles. The van der Waals surface area contributed by atoms with Crippen molar-refractivity contribution >= 4 is 5.91 Å². The maximum atomic E-state index is 14.3. The third kappa shape index (κ3) is 3.72. The van der Waals surface area contributed by atoms with Crippen molar-refractivity contribution < 1.29 is 13.6 Å². The molecule has 0 saturated carbocycles. The zero-order valence-electron chi connectivity index (χ0n) is 13.4. The number of rotatable bonds is 4. The van der Waals surface area contributed by atoms with Crippen LogP contribution in [0.1, 0.15) is 34.1 Å². The van der Waals surface area contributed by atoms with Gasteiger partial charge in [0, 0.05) is 31.6 Å². The maximum absolute atomic E-state index is 14.3. The highest BCUT2D eigenvalue weighted by molar-refractivity contribution is 5.78. The fourth-order valence-corrected chi connectivity index (χ4v) is 3.07. The molecule has 2 rings (SSSR count). The van der Waals surface area contributed by atoms with Gasteiger partial charge in [-0.3, -0.25) is 14.6 Å². The summed E-state index contributed by atoms with van der Waals surface area (Å²) >= 11 is 0. The first kappa shape index (κ1) is 16.6. The minimum Gasteiger partial charge on any atom is -0.351 e. The molecule has 0 bridgehead atoms. The van der Waals surface area contributed by atoms with E-state index in [-0.39, 0.29) is 30.5 Å². The summed E-state index contributed by atoms with van der Waals surface area (Å²) in [5, 5.41) is 2.90. The molecule has 2 fully saturated rings. The van der Waals surface area contributed by atoms with E-state index in [1.807, 2.05) is 37.5 Å². The van der Waals surface area contributed by atoms with E-state index in [1.165, 1.54) is 0 Å². The van der Waals surface area contributed by atoms with Crippen molar-refractivity contribution in [3.8, 4) is 0 Å². The monoisotopic (exact) mass is 303 g/mol. The van der Waals surface area contributed by atoms with E-state index in [2.05, 4.69) is 5.32 Å². The average molecular weight is 303 g/mol. The van der Waals surface area contributed by atoms with Gasteiger partial charge in [-0.2, -0.15) is 0 Å².